The van der Waals surface area contributed by atoms with Gasteiger partial charge in [0.2, 0.25) is 0 Å². The van der Waals surface area contributed by atoms with Crippen LogP contribution >= 0.6 is 0 Å². The summed E-state index contributed by atoms with van der Waals surface area (Å²) in [6.07, 6.45) is 0. The number of benzene rings is 2. The molecule has 0 bridgehead atoms. The Balaban J connectivity index is 1.92. The fourth-order valence-electron chi connectivity index (χ4n) is 2.53. The van der Waals surface area contributed by atoms with E-state index in [4.69, 9.17) is 4.74 Å². The van der Waals surface area contributed by atoms with E-state index in [1.807, 2.05) is 50.5 Å². The van der Waals surface area contributed by atoms with Gasteiger partial charge in [-0.2, -0.15) is 0 Å². The molecule has 0 heterocycles. The summed E-state index contributed by atoms with van der Waals surface area (Å²) in [5.74, 6) is 1.68. The molecule has 1 atom stereocenters. The molecular weight excluding hydrogens is 324 g/mol. The van der Waals surface area contributed by atoms with Crippen LogP contribution in [0.2, 0.25) is 0 Å². The monoisotopic (exact) mass is 354 g/mol. The zero-order chi connectivity index (χ0) is 18.8. The molecule has 2 aromatic carbocycles. The average molecular weight is 354 g/mol. The lowest BCUT2D eigenvalue weighted by Gasteiger charge is -2.19. The first-order valence-electron chi connectivity index (χ1n) is 8.97. The molecule has 0 aliphatic heterocycles. The largest absolute Gasteiger partial charge is 0.492 e. The smallest absolute Gasteiger partial charge is 0.191 e. The van der Waals surface area contributed by atoms with Crippen molar-refractivity contribution >= 4 is 5.96 Å². The summed E-state index contributed by atoms with van der Waals surface area (Å²) >= 11 is 0. The van der Waals surface area contributed by atoms with Gasteiger partial charge in [0.1, 0.15) is 12.4 Å². The Bertz CT molecular complexity index is 685. The van der Waals surface area contributed by atoms with Gasteiger partial charge < -0.3 is 20.3 Å². The van der Waals surface area contributed by atoms with E-state index in [1.165, 1.54) is 5.56 Å². The highest BCUT2D eigenvalue weighted by atomic mass is 16.5. The van der Waals surface area contributed by atoms with E-state index in [1.54, 1.807) is 7.05 Å². The van der Waals surface area contributed by atoms with Gasteiger partial charge >= 0.3 is 0 Å². The number of ether oxygens (including phenoxy) is 1. The van der Waals surface area contributed by atoms with Crippen LogP contribution in [0.4, 0.5) is 0 Å². The third-order valence-electron chi connectivity index (χ3n) is 4.09. The SMILES string of the molecule is CN=C(NCc1ccccc1OCCN(C)C)NC(C)c1ccccc1. The Morgan fingerprint density at radius 1 is 1.08 bits per heavy atom. The van der Waals surface area contributed by atoms with Gasteiger partial charge in [-0.3, -0.25) is 4.99 Å². The molecule has 2 N–H and O–H groups in total. The van der Waals surface area contributed by atoms with Crippen LogP contribution in [0.25, 0.3) is 0 Å². The summed E-state index contributed by atoms with van der Waals surface area (Å²) in [4.78, 5) is 6.44. The van der Waals surface area contributed by atoms with Gasteiger partial charge in [0.15, 0.2) is 5.96 Å². The van der Waals surface area contributed by atoms with Crippen LogP contribution in [0.15, 0.2) is 59.6 Å². The van der Waals surface area contributed by atoms with Crippen LogP contribution in [-0.4, -0.2) is 45.2 Å². The molecular formula is C21H30N4O. The van der Waals surface area contributed by atoms with Gasteiger partial charge in [-0.25, -0.2) is 0 Å². The molecule has 0 amide bonds. The number of nitrogens with zero attached hydrogens (tertiary/aromatic N) is 2. The quantitative estimate of drug-likeness (QED) is 0.565. The summed E-state index contributed by atoms with van der Waals surface area (Å²) < 4.78 is 5.92. The van der Waals surface area contributed by atoms with Crippen molar-refractivity contribution in [3.63, 3.8) is 0 Å². The second-order valence-electron chi connectivity index (χ2n) is 6.46. The normalized spacial score (nSPS) is 12.7. The summed E-state index contributed by atoms with van der Waals surface area (Å²) in [5.41, 5.74) is 2.34. The van der Waals surface area contributed by atoms with Crippen molar-refractivity contribution < 1.29 is 4.74 Å². The molecule has 26 heavy (non-hydrogen) atoms. The summed E-state index contributed by atoms with van der Waals surface area (Å²) in [7, 11) is 5.87. The number of likely N-dealkylation sites (N-methyl/N-ethyl adjacent to an activating group) is 1. The maximum absolute atomic E-state index is 5.92. The van der Waals surface area contributed by atoms with Crippen LogP contribution in [0.3, 0.4) is 0 Å². The lowest BCUT2D eigenvalue weighted by Crippen LogP contribution is -2.38. The van der Waals surface area contributed by atoms with Gasteiger partial charge in [-0.1, -0.05) is 48.5 Å². The van der Waals surface area contributed by atoms with E-state index in [9.17, 15) is 0 Å². The number of para-hydroxylation sites is 1. The van der Waals surface area contributed by atoms with Crippen LogP contribution in [0, 0.1) is 0 Å². The number of aliphatic imine (C=N–C) groups is 1. The Kier molecular flexibility index (Phi) is 7.96. The highest BCUT2D eigenvalue weighted by molar-refractivity contribution is 5.80. The average Bonchev–Trinajstić information content (AvgIpc) is 2.66. The highest BCUT2D eigenvalue weighted by Crippen LogP contribution is 2.18. The first kappa shape index (κ1) is 19.8. The van der Waals surface area contributed by atoms with E-state index < -0.39 is 0 Å². The number of hydrogen-bond acceptors (Lipinski definition) is 3. The first-order chi connectivity index (χ1) is 12.6. The number of nitrogens with one attached hydrogen (secondary N) is 2. The summed E-state index contributed by atoms with van der Waals surface area (Å²) in [5, 5.41) is 6.80. The number of rotatable bonds is 8. The second-order valence-corrected chi connectivity index (χ2v) is 6.46. The molecule has 5 nitrogen and oxygen atoms in total. The molecule has 1 unspecified atom stereocenters. The zero-order valence-electron chi connectivity index (χ0n) is 16.2. The molecule has 0 aliphatic carbocycles. The Hall–Kier alpha value is -2.53. The van der Waals surface area contributed by atoms with Crippen molar-refractivity contribution in [1.29, 1.82) is 0 Å². The predicted octanol–water partition coefficient (Wildman–Crippen LogP) is 3.05. The minimum absolute atomic E-state index is 0.175. The molecule has 0 saturated heterocycles. The third kappa shape index (κ3) is 6.41. The summed E-state index contributed by atoms with van der Waals surface area (Å²) in [6.45, 7) is 4.33. The molecule has 0 spiro atoms. The molecule has 0 aromatic heterocycles. The molecule has 140 valence electrons. The third-order valence-corrected chi connectivity index (χ3v) is 4.09. The summed E-state index contributed by atoms with van der Waals surface area (Å²) in [6, 6.07) is 18.6. The van der Waals surface area contributed by atoms with Gasteiger partial charge in [0.25, 0.3) is 0 Å². The predicted molar refractivity (Wildman–Crippen MR) is 109 cm³/mol. The molecule has 5 heteroatoms. The van der Waals surface area contributed by atoms with E-state index in [0.29, 0.717) is 13.2 Å². The minimum Gasteiger partial charge on any atom is -0.492 e. The van der Waals surface area contributed by atoms with E-state index in [-0.39, 0.29) is 6.04 Å². The van der Waals surface area contributed by atoms with Crippen molar-refractivity contribution in [3.8, 4) is 5.75 Å². The van der Waals surface area contributed by atoms with Crippen LogP contribution in [0.1, 0.15) is 24.1 Å². The van der Waals surface area contributed by atoms with Gasteiger partial charge in [-0.15, -0.1) is 0 Å². The fraction of sp³-hybridized carbons (Fsp3) is 0.381. The van der Waals surface area contributed by atoms with Crippen LogP contribution < -0.4 is 15.4 Å². The second kappa shape index (κ2) is 10.5. The Morgan fingerprint density at radius 2 is 1.77 bits per heavy atom. The molecule has 0 fully saturated rings. The fourth-order valence-corrected chi connectivity index (χ4v) is 2.53. The van der Waals surface area contributed by atoms with Crippen molar-refractivity contribution in [2.45, 2.75) is 19.5 Å². The molecule has 0 saturated carbocycles. The highest BCUT2D eigenvalue weighted by Gasteiger charge is 2.09. The van der Waals surface area contributed by atoms with Crippen LogP contribution in [0.5, 0.6) is 5.75 Å². The van der Waals surface area contributed by atoms with Crippen molar-refractivity contribution in [3.05, 3.63) is 65.7 Å². The minimum atomic E-state index is 0.175. The van der Waals surface area contributed by atoms with Crippen molar-refractivity contribution in [1.82, 2.24) is 15.5 Å². The first-order valence-corrected chi connectivity index (χ1v) is 8.97. The number of guanidine groups is 1. The standard InChI is InChI=1S/C21H30N4O/c1-17(18-10-6-5-7-11-18)24-21(22-2)23-16-19-12-8-9-13-20(19)26-15-14-25(3)4/h5-13,17H,14-16H2,1-4H3,(H2,22,23,24). The Morgan fingerprint density at radius 3 is 2.46 bits per heavy atom. The lowest BCUT2D eigenvalue weighted by molar-refractivity contribution is 0.259. The maximum atomic E-state index is 5.92. The van der Waals surface area contributed by atoms with Crippen LogP contribution in [-0.2, 0) is 6.54 Å². The molecule has 0 aliphatic rings. The van der Waals surface area contributed by atoms with Gasteiger partial charge in [0, 0.05) is 25.7 Å². The van der Waals surface area contributed by atoms with E-state index in [0.717, 1.165) is 23.8 Å². The Labute approximate surface area is 157 Å². The zero-order valence-corrected chi connectivity index (χ0v) is 16.2. The van der Waals surface area contributed by atoms with Crippen molar-refractivity contribution in [2.75, 3.05) is 34.3 Å². The molecule has 2 rings (SSSR count). The molecule has 2 aromatic rings. The van der Waals surface area contributed by atoms with Gasteiger partial charge in [0.05, 0.1) is 6.04 Å². The lowest BCUT2D eigenvalue weighted by atomic mass is 10.1. The topological polar surface area (TPSA) is 48.9 Å². The van der Waals surface area contributed by atoms with Crippen molar-refractivity contribution in [2.24, 2.45) is 4.99 Å². The maximum Gasteiger partial charge on any atom is 0.191 e. The van der Waals surface area contributed by atoms with E-state index >= 15 is 0 Å². The van der Waals surface area contributed by atoms with E-state index in [2.05, 4.69) is 45.6 Å². The van der Waals surface area contributed by atoms with Gasteiger partial charge in [-0.05, 0) is 32.6 Å². The molecule has 0 radical (unpaired) electrons. The number of hydrogen-bond donors (Lipinski definition) is 2.